The third kappa shape index (κ3) is 5.32. The Morgan fingerprint density at radius 2 is 2.27 bits per heavy atom. The van der Waals surface area contributed by atoms with Gasteiger partial charge in [-0.1, -0.05) is 22.9 Å². The average Bonchev–Trinajstić information content (AvgIpc) is 2.69. The molecule has 0 amide bonds. The van der Waals surface area contributed by atoms with E-state index in [-0.39, 0.29) is 0 Å². The van der Waals surface area contributed by atoms with Gasteiger partial charge in [-0.05, 0) is 38.6 Å². The van der Waals surface area contributed by atoms with Crippen molar-refractivity contribution in [3.8, 4) is 0 Å². The van der Waals surface area contributed by atoms with Crippen LogP contribution in [0.25, 0.3) is 0 Å². The van der Waals surface area contributed by atoms with Crippen LogP contribution in [0.3, 0.4) is 0 Å². The van der Waals surface area contributed by atoms with Gasteiger partial charge in [0.2, 0.25) is 0 Å². The normalized spacial score (nSPS) is 22.4. The second-order valence-electron chi connectivity index (χ2n) is 4.28. The zero-order chi connectivity index (χ0) is 10.9. The monoisotopic (exact) mass is 277 g/mol. The molecule has 0 radical (unpaired) electrons. The minimum Gasteiger partial charge on any atom is -0.380 e. The van der Waals surface area contributed by atoms with Crippen molar-refractivity contribution in [1.29, 1.82) is 0 Å². The summed E-state index contributed by atoms with van der Waals surface area (Å²) in [7, 11) is 0. The van der Waals surface area contributed by atoms with Crippen LogP contribution < -0.4 is 0 Å². The first-order chi connectivity index (χ1) is 7.38. The van der Waals surface area contributed by atoms with Crippen LogP contribution in [0.2, 0.25) is 0 Å². The van der Waals surface area contributed by atoms with E-state index in [0.717, 1.165) is 37.6 Å². The van der Waals surface area contributed by atoms with E-state index >= 15 is 0 Å². The molecule has 1 unspecified atom stereocenters. The Bertz CT molecular complexity index is 155. The number of ether oxygens (including phenoxy) is 1. The highest BCUT2D eigenvalue weighted by molar-refractivity contribution is 9.09. The topological polar surface area (TPSA) is 12.5 Å². The van der Waals surface area contributed by atoms with E-state index in [2.05, 4.69) is 27.8 Å². The number of halogens is 1. The molecule has 0 saturated carbocycles. The Hall–Kier alpha value is 0.400. The fraction of sp³-hybridized carbons (Fsp3) is 1.00. The Morgan fingerprint density at radius 1 is 1.40 bits per heavy atom. The molecule has 0 aromatic carbocycles. The number of hydrogen-bond acceptors (Lipinski definition) is 2. The van der Waals surface area contributed by atoms with Crippen molar-refractivity contribution in [2.24, 2.45) is 0 Å². The van der Waals surface area contributed by atoms with Crippen molar-refractivity contribution in [2.75, 3.05) is 31.6 Å². The number of alkyl halides is 1. The summed E-state index contributed by atoms with van der Waals surface area (Å²) in [4.78, 5) is 2.61. The van der Waals surface area contributed by atoms with Gasteiger partial charge in [-0.3, -0.25) is 4.90 Å². The molecule has 1 aliphatic rings. The second kappa shape index (κ2) is 8.54. The van der Waals surface area contributed by atoms with E-state index in [4.69, 9.17) is 4.74 Å². The van der Waals surface area contributed by atoms with E-state index < -0.39 is 0 Å². The predicted molar refractivity (Wildman–Crippen MR) is 68.7 cm³/mol. The van der Waals surface area contributed by atoms with E-state index in [1.807, 2.05) is 0 Å². The first-order valence-electron chi connectivity index (χ1n) is 6.26. The maximum Gasteiger partial charge on any atom is 0.0593 e. The summed E-state index contributed by atoms with van der Waals surface area (Å²) in [6.07, 6.45) is 6.55. The lowest BCUT2D eigenvalue weighted by Crippen LogP contribution is -2.32. The van der Waals surface area contributed by atoms with E-state index in [0.29, 0.717) is 0 Å². The first kappa shape index (κ1) is 13.5. The van der Waals surface area contributed by atoms with Crippen molar-refractivity contribution in [3.05, 3.63) is 0 Å². The highest BCUT2D eigenvalue weighted by atomic mass is 79.9. The predicted octanol–water partition coefficient (Wildman–Crippen LogP) is 3.05. The van der Waals surface area contributed by atoms with Gasteiger partial charge in [-0.15, -0.1) is 0 Å². The van der Waals surface area contributed by atoms with Crippen molar-refractivity contribution in [1.82, 2.24) is 4.90 Å². The average molecular weight is 278 g/mol. The molecule has 1 fully saturated rings. The molecule has 0 bridgehead atoms. The second-order valence-corrected chi connectivity index (χ2v) is 5.07. The Morgan fingerprint density at radius 3 is 3.00 bits per heavy atom. The Kier molecular flexibility index (Phi) is 7.67. The van der Waals surface area contributed by atoms with Crippen molar-refractivity contribution in [2.45, 2.75) is 45.1 Å². The maximum atomic E-state index is 5.55. The lowest BCUT2D eigenvalue weighted by molar-refractivity contribution is 0.0983. The minimum atomic E-state index is 0.827. The van der Waals surface area contributed by atoms with Crippen LogP contribution in [-0.4, -0.2) is 42.6 Å². The third-order valence-corrected chi connectivity index (χ3v) is 3.60. The summed E-state index contributed by atoms with van der Waals surface area (Å²) in [6, 6.07) is 0.827. The molecular formula is C12H24BrNO. The van der Waals surface area contributed by atoms with Crippen LogP contribution in [0.4, 0.5) is 0 Å². The lowest BCUT2D eigenvalue weighted by atomic mass is 10.1. The van der Waals surface area contributed by atoms with Crippen molar-refractivity contribution >= 4 is 15.9 Å². The standard InChI is InChI=1S/C12H24BrNO/c1-2-10-15-11-9-14-8-4-6-12(14)5-3-7-13/h12H,2-11H2,1H3. The molecule has 3 heteroatoms. The molecule has 0 aliphatic carbocycles. The van der Waals surface area contributed by atoms with Crippen LogP contribution in [0.1, 0.15) is 39.0 Å². The van der Waals surface area contributed by atoms with Crippen molar-refractivity contribution in [3.63, 3.8) is 0 Å². The van der Waals surface area contributed by atoms with E-state index in [1.54, 1.807) is 0 Å². The summed E-state index contributed by atoms with van der Waals surface area (Å²) in [6.45, 7) is 6.41. The third-order valence-electron chi connectivity index (χ3n) is 3.04. The molecule has 0 aromatic heterocycles. The zero-order valence-electron chi connectivity index (χ0n) is 9.88. The molecule has 90 valence electrons. The number of likely N-dealkylation sites (tertiary alicyclic amines) is 1. The molecule has 0 aromatic rings. The van der Waals surface area contributed by atoms with Gasteiger partial charge in [-0.25, -0.2) is 0 Å². The Balaban J connectivity index is 2.09. The summed E-state index contributed by atoms with van der Waals surface area (Å²) in [5.74, 6) is 0. The molecular weight excluding hydrogens is 254 g/mol. The van der Waals surface area contributed by atoms with Gasteiger partial charge < -0.3 is 4.74 Å². The van der Waals surface area contributed by atoms with Crippen LogP contribution >= 0.6 is 15.9 Å². The van der Waals surface area contributed by atoms with E-state index in [9.17, 15) is 0 Å². The van der Waals surface area contributed by atoms with Crippen LogP contribution in [0, 0.1) is 0 Å². The van der Waals surface area contributed by atoms with Gasteiger partial charge in [-0.2, -0.15) is 0 Å². The molecule has 1 rings (SSSR count). The molecule has 15 heavy (non-hydrogen) atoms. The SMILES string of the molecule is CCCOCCN1CCCC1CCCBr. The molecule has 1 aliphatic heterocycles. The number of hydrogen-bond donors (Lipinski definition) is 0. The fourth-order valence-corrected chi connectivity index (χ4v) is 2.58. The Labute approximate surface area is 102 Å². The van der Waals surface area contributed by atoms with E-state index in [1.165, 1.54) is 32.2 Å². The largest absolute Gasteiger partial charge is 0.380 e. The molecule has 2 nitrogen and oxygen atoms in total. The number of rotatable bonds is 8. The lowest BCUT2D eigenvalue weighted by Gasteiger charge is -2.24. The smallest absolute Gasteiger partial charge is 0.0593 e. The first-order valence-corrected chi connectivity index (χ1v) is 7.38. The van der Waals surface area contributed by atoms with Crippen LogP contribution in [-0.2, 0) is 4.74 Å². The maximum absolute atomic E-state index is 5.55. The molecule has 0 N–H and O–H groups in total. The van der Waals surface area contributed by atoms with Gasteiger partial charge in [0.15, 0.2) is 0 Å². The summed E-state index contributed by atoms with van der Waals surface area (Å²) >= 11 is 3.51. The quantitative estimate of drug-likeness (QED) is 0.500. The van der Waals surface area contributed by atoms with Crippen LogP contribution in [0.15, 0.2) is 0 Å². The van der Waals surface area contributed by atoms with Crippen LogP contribution in [0.5, 0.6) is 0 Å². The van der Waals surface area contributed by atoms with Gasteiger partial charge in [0.05, 0.1) is 6.61 Å². The van der Waals surface area contributed by atoms with Gasteiger partial charge >= 0.3 is 0 Å². The van der Waals surface area contributed by atoms with Gasteiger partial charge in [0, 0.05) is 24.5 Å². The molecule has 1 atom stereocenters. The highest BCUT2D eigenvalue weighted by Crippen LogP contribution is 2.21. The molecule has 1 saturated heterocycles. The van der Waals surface area contributed by atoms with Gasteiger partial charge in [0.1, 0.15) is 0 Å². The molecule has 1 heterocycles. The summed E-state index contributed by atoms with van der Waals surface area (Å²) < 4.78 is 5.55. The molecule has 0 spiro atoms. The van der Waals surface area contributed by atoms with Gasteiger partial charge in [0.25, 0.3) is 0 Å². The highest BCUT2D eigenvalue weighted by Gasteiger charge is 2.22. The summed E-state index contributed by atoms with van der Waals surface area (Å²) in [5, 5.41) is 1.14. The zero-order valence-corrected chi connectivity index (χ0v) is 11.5. The summed E-state index contributed by atoms with van der Waals surface area (Å²) in [5.41, 5.74) is 0. The fourth-order valence-electron chi connectivity index (χ4n) is 2.26. The number of nitrogens with zero attached hydrogens (tertiary/aromatic N) is 1. The minimum absolute atomic E-state index is 0.827. The van der Waals surface area contributed by atoms with Crippen molar-refractivity contribution < 1.29 is 4.74 Å².